The zero-order valence-corrected chi connectivity index (χ0v) is 9.61. The van der Waals surface area contributed by atoms with E-state index in [-0.39, 0.29) is 18.1 Å². The van der Waals surface area contributed by atoms with Crippen LogP contribution in [0.1, 0.15) is 23.8 Å². The van der Waals surface area contributed by atoms with E-state index in [9.17, 15) is 9.90 Å². The van der Waals surface area contributed by atoms with Crippen LogP contribution in [0.4, 0.5) is 0 Å². The van der Waals surface area contributed by atoms with Gasteiger partial charge in [-0.3, -0.25) is 4.79 Å². The minimum Gasteiger partial charge on any atom is -0.508 e. The summed E-state index contributed by atoms with van der Waals surface area (Å²) in [4.78, 5) is 14.8. The van der Waals surface area contributed by atoms with Gasteiger partial charge in [-0.1, -0.05) is 12.1 Å². The van der Waals surface area contributed by atoms with E-state index in [0.717, 1.165) is 5.56 Å². The highest BCUT2D eigenvalue weighted by Crippen LogP contribution is 2.24. The number of oxazole rings is 1. The van der Waals surface area contributed by atoms with Gasteiger partial charge in [0, 0.05) is 0 Å². The fourth-order valence-electron chi connectivity index (χ4n) is 1.81. The number of carbonyl (C=O) groups is 1. The Kier molecular flexibility index (Phi) is 3.62. The summed E-state index contributed by atoms with van der Waals surface area (Å²) in [5.74, 6) is -0.589. The molecule has 0 spiro atoms. The zero-order valence-electron chi connectivity index (χ0n) is 9.61. The van der Waals surface area contributed by atoms with Crippen molar-refractivity contribution >= 4 is 5.97 Å². The second-order valence-corrected chi connectivity index (χ2v) is 4.04. The lowest BCUT2D eigenvalue weighted by atomic mass is 9.96. The summed E-state index contributed by atoms with van der Waals surface area (Å²) in [6, 6.07) is 6.66. The summed E-state index contributed by atoms with van der Waals surface area (Å²) in [6.07, 6.45) is 3.40. The second-order valence-electron chi connectivity index (χ2n) is 4.04. The van der Waals surface area contributed by atoms with Crippen LogP contribution in [0.2, 0.25) is 0 Å². The van der Waals surface area contributed by atoms with Crippen LogP contribution in [0, 0.1) is 0 Å². The highest BCUT2D eigenvalue weighted by Gasteiger charge is 2.20. The summed E-state index contributed by atoms with van der Waals surface area (Å²) in [6.45, 7) is 0. The zero-order chi connectivity index (χ0) is 13.0. The van der Waals surface area contributed by atoms with Crippen molar-refractivity contribution in [3.63, 3.8) is 0 Å². The van der Waals surface area contributed by atoms with E-state index in [1.54, 1.807) is 24.3 Å². The molecule has 2 aromatic rings. The number of aliphatic carboxylic acids is 1. The molecule has 2 rings (SSSR count). The van der Waals surface area contributed by atoms with E-state index >= 15 is 0 Å². The lowest BCUT2D eigenvalue weighted by Gasteiger charge is -2.11. The summed E-state index contributed by atoms with van der Waals surface area (Å²) in [7, 11) is 0. The molecule has 5 nitrogen and oxygen atoms in total. The third-order valence-electron chi connectivity index (χ3n) is 2.64. The van der Waals surface area contributed by atoms with E-state index in [1.165, 1.54) is 12.5 Å². The third-order valence-corrected chi connectivity index (χ3v) is 2.64. The number of phenols is 1. The van der Waals surface area contributed by atoms with Crippen molar-refractivity contribution in [1.29, 1.82) is 0 Å². The number of benzene rings is 1. The first-order valence-corrected chi connectivity index (χ1v) is 5.54. The highest BCUT2D eigenvalue weighted by molar-refractivity contribution is 5.67. The number of hydrogen-bond acceptors (Lipinski definition) is 4. The fourth-order valence-corrected chi connectivity index (χ4v) is 1.81. The highest BCUT2D eigenvalue weighted by atomic mass is 16.4. The summed E-state index contributed by atoms with van der Waals surface area (Å²) in [5, 5.41) is 18.1. The van der Waals surface area contributed by atoms with Crippen molar-refractivity contribution in [2.75, 3.05) is 0 Å². The molecule has 18 heavy (non-hydrogen) atoms. The Bertz CT molecular complexity index is 504. The Morgan fingerprint density at radius 2 is 2.06 bits per heavy atom. The molecule has 0 aliphatic rings. The number of carboxylic acid groups (broad SMARTS) is 1. The molecule has 1 aromatic heterocycles. The smallest absolute Gasteiger partial charge is 0.304 e. The topological polar surface area (TPSA) is 83.6 Å². The van der Waals surface area contributed by atoms with Crippen LogP contribution < -0.4 is 0 Å². The van der Waals surface area contributed by atoms with Crippen LogP contribution in [0.15, 0.2) is 41.1 Å². The van der Waals surface area contributed by atoms with Crippen molar-refractivity contribution in [2.45, 2.75) is 18.8 Å². The normalized spacial score (nSPS) is 12.2. The lowest BCUT2D eigenvalue weighted by molar-refractivity contribution is -0.137. The van der Waals surface area contributed by atoms with Crippen molar-refractivity contribution < 1.29 is 19.4 Å². The van der Waals surface area contributed by atoms with Gasteiger partial charge in [-0.15, -0.1) is 0 Å². The molecule has 0 saturated carbocycles. The van der Waals surface area contributed by atoms with Crippen LogP contribution in [0.25, 0.3) is 0 Å². The minimum absolute atomic E-state index is 0.0403. The molecular formula is C13H13NO4. The van der Waals surface area contributed by atoms with Gasteiger partial charge in [-0.2, -0.15) is 0 Å². The maximum absolute atomic E-state index is 10.8. The molecule has 1 atom stereocenters. The fraction of sp³-hybridized carbons (Fsp3) is 0.231. The van der Waals surface area contributed by atoms with Crippen molar-refractivity contribution in [3.8, 4) is 5.75 Å². The molecule has 94 valence electrons. The molecule has 0 bridgehead atoms. The van der Waals surface area contributed by atoms with Gasteiger partial charge in [-0.25, -0.2) is 4.98 Å². The molecule has 5 heteroatoms. The van der Waals surface area contributed by atoms with Gasteiger partial charge in [0.15, 0.2) is 5.89 Å². The Balaban J connectivity index is 2.15. The van der Waals surface area contributed by atoms with Crippen LogP contribution in [0.5, 0.6) is 5.75 Å². The van der Waals surface area contributed by atoms with Gasteiger partial charge in [-0.05, 0) is 24.1 Å². The molecule has 1 aromatic carbocycles. The summed E-state index contributed by atoms with van der Waals surface area (Å²) < 4.78 is 5.17. The molecule has 0 fully saturated rings. The summed E-state index contributed by atoms with van der Waals surface area (Å²) >= 11 is 0. The second kappa shape index (κ2) is 5.35. The van der Waals surface area contributed by atoms with E-state index < -0.39 is 5.97 Å². The first-order chi connectivity index (χ1) is 8.65. The minimum atomic E-state index is -0.892. The number of hydrogen-bond donors (Lipinski definition) is 2. The molecule has 0 aliphatic heterocycles. The SMILES string of the molecule is O=C(O)CC(Cc1ccc(O)cc1)c1ncco1. The van der Waals surface area contributed by atoms with E-state index in [2.05, 4.69) is 4.98 Å². The van der Waals surface area contributed by atoms with Gasteiger partial charge in [0.05, 0.1) is 18.5 Å². The number of aromatic nitrogens is 1. The predicted octanol–water partition coefficient (Wildman–Crippen LogP) is 2.18. The maximum Gasteiger partial charge on any atom is 0.304 e. The van der Waals surface area contributed by atoms with Crippen LogP contribution in [0.3, 0.4) is 0 Å². The van der Waals surface area contributed by atoms with Gasteiger partial charge in [0.2, 0.25) is 0 Å². The molecule has 0 aliphatic carbocycles. The van der Waals surface area contributed by atoms with Gasteiger partial charge in [0.25, 0.3) is 0 Å². The average molecular weight is 247 g/mol. The number of rotatable bonds is 5. The number of nitrogens with zero attached hydrogens (tertiary/aromatic N) is 1. The molecular weight excluding hydrogens is 234 g/mol. The first kappa shape index (κ1) is 12.2. The van der Waals surface area contributed by atoms with E-state index in [0.29, 0.717) is 12.3 Å². The Hall–Kier alpha value is -2.30. The molecule has 1 heterocycles. The number of aromatic hydroxyl groups is 1. The molecule has 2 N–H and O–H groups in total. The lowest BCUT2D eigenvalue weighted by Crippen LogP contribution is -2.09. The van der Waals surface area contributed by atoms with Gasteiger partial charge in [0.1, 0.15) is 12.0 Å². The summed E-state index contributed by atoms with van der Waals surface area (Å²) in [5.41, 5.74) is 0.928. The van der Waals surface area contributed by atoms with Crippen molar-refractivity contribution in [2.24, 2.45) is 0 Å². The molecule has 0 amide bonds. The van der Waals surface area contributed by atoms with Crippen molar-refractivity contribution in [3.05, 3.63) is 48.2 Å². The average Bonchev–Trinajstić information content (AvgIpc) is 2.84. The quantitative estimate of drug-likeness (QED) is 0.846. The first-order valence-electron chi connectivity index (χ1n) is 5.54. The van der Waals surface area contributed by atoms with Crippen LogP contribution in [-0.2, 0) is 11.2 Å². The van der Waals surface area contributed by atoms with Crippen LogP contribution >= 0.6 is 0 Å². The van der Waals surface area contributed by atoms with E-state index in [4.69, 9.17) is 9.52 Å². The third kappa shape index (κ3) is 3.10. The van der Waals surface area contributed by atoms with E-state index in [1.807, 2.05) is 0 Å². The monoisotopic (exact) mass is 247 g/mol. The van der Waals surface area contributed by atoms with Gasteiger partial charge < -0.3 is 14.6 Å². The van der Waals surface area contributed by atoms with Gasteiger partial charge >= 0.3 is 5.97 Å². The molecule has 1 unspecified atom stereocenters. The largest absolute Gasteiger partial charge is 0.508 e. The standard InChI is InChI=1S/C13H13NO4/c15-11-3-1-9(2-4-11)7-10(8-12(16)17)13-14-5-6-18-13/h1-6,10,15H,7-8H2,(H,16,17). The van der Waals surface area contributed by atoms with Crippen molar-refractivity contribution in [1.82, 2.24) is 4.98 Å². The van der Waals surface area contributed by atoms with Crippen LogP contribution in [-0.4, -0.2) is 21.2 Å². The predicted molar refractivity (Wildman–Crippen MR) is 63.3 cm³/mol. The maximum atomic E-state index is 10.8. The molecule has 0 radical (unpaired) electrons. The Morgan fingerprint density at radius 1 is 1.33 bits per heavy atom. The Labute approximate surface area is 104 Å². The molecule has 0 saturated heterocycles. The number of carboxylic acids is 1. The Morgan fingerprint density at radius 3 is 2.61 bits per heavy atom. The number of phenolic OH excluding ortho intramolecular Hbond substituents is 1.